The maximum absolute atomic E-state index is 12.8. The van der Waals surface area contributed by atoms with E-state index < -0.39 is 28.8 Å². The number of nitrogens with one attached hydrogen (secondary N) is 1. The number of amides is 1. The van der Waals surface area contributed by atoms with E-state index in [9.17, 15) is 18.0 Å². The van der Waals surface area contributed by atoms with Crippen LogP contribution in [0, 0.1) is 6.92 Å². The van der Waals surface area contributed by atoms with Gasteiger partial charge in [-0.1, -0.05) is 23.7 Å². The predicted octanol–water partition coefficient (Wildman–Crippen LogP) is 5.07. The molecule has 7 heteroatoms. The Labute approximate surface area is 142 Å². The Morgan fingerprint density at radius 2 is 1.92 bits per heavy atom. The van der Waals surface area contributed by atoms with Crippen LogP contribution in [0.1, 0.15) is 18.1 Å². The van der Waals surface area contributed by atoms with Crippen LogP contribution in [0.25, 0.3) is 0 Å². The summed E-state index contributed by atoms with van der Waals surface area (Å²) in [6.45, 7) is 3.39. The van der Waals surface area contributed by atoms with Gasteiger partial charge < -0.3 is 10.1 Å². The van der Waals surface area contributed by atoms with Gasteiger partial charge >= 0.3 is 6.18 Å². The third-order valence-corrected chi connectivity index (χ3v) is 3.54. The van der Waals surface area contributed by atoms with Crippen LogP contribution in [0.2, 0.25) is 5.02 Å². The van der Waals surface area contributed by atoms with Crippen LogP contribution in [0.3, 0.4) is 0 Å². The molecule has 0 radical (unpaired) electrons. The van der Waals surface area contributed by atoms with E-state index in [1.807, 2.05) is 13.0 Å². The van der Waals surface area contributed by atoms with E-state index in [0.717, 1.165) is 17.7 Å². The van der Waals surface area contributed by atoms with E-state index in [4.69, 9.17) is 16.3 Å². The molecule has 0 saturated heterocycles. The van der Waals surface area contributed by atoms with Crippen LogP contribution in [-0.4, -0.2) is 12.0 Å². The number of carbonyl (C=O) groups is 1. The number of ether oxygens (including phenoxy) is 1. The van der Waals surface area contributed by atoms with Gasteiger partial charge in [-0.2, -0.15) is 13.2 Å². The first-order valence-electron chi connectivity index (χ1n) is 7.08. The lowest BCUT2D eigenvalue weighted by atomic mass is 10.2. The van der Waals surface area contributed by atoms with Crippen molar-refractivity contribution in [3.8, 4) is 5.75 Å². The molecular formula is C17H15ClF3NO2. The Morgan fingerprint density at radius 1 is 1.21 bits per heavy atom. The topological polar surface area (TPSA) is 38.3 Å². The molecule has 3 nitrogen and oxygen atoms in total. The normalized spacial score (nSPS) is 12.6. The zero-order valence-electron chi connectivity index (χ0n) is 12.9. The van der Waals surface area contributed by atoms with Crippen LogP contribution in [0.4, 0.5) is 18.9 Å². The summed E-state index contributed by atoms with van der Waals surface area (Å²) < 4.78 is 44.0. The zero-order valence-corrected chi connectivity index (χ0v) is 13.7. The number of halogens is 4. The Kier molecular flexibility index (Phi) is 5.39. The van der Waals surface area contributed by atoms with E-state index in [2.05, 4.69) is 5.32 Å². The molecule has 0 saturated carbocycles. The maximum Gasteiger partial charge on any atom is 0.417 e. The number of anilines is 1. The smallest absolute Gasteiger partial charge is 0.417 e. The summed E-state index contributed by atoms with van der Waals surface area (Å²) >= 11 is 5.54. The number of hydrogen-bond donors (Lipinski definition) is 1. The number of benzene rings is 2. The Hall–Kier alpha value is -2.21. The predicted molar refractivity (Wildman–Crippen MR) is 86.4 cm³/mol. The molecule has 1 atom stereocenters. The highest BCUT2D eigenvalue weighted by atomic mass is 35.5. The van der Waals surface area contributed by atoms with Crippen molar-refractivity contribution >= 4 is 23.2 Å². The standard InChI is InChI=1S/C17H15ClF3NO2/c1-10-4-3-5-13(8-10)24-11(2)16(23)22-12-6-7-15(18)14(9-12)17(19,20)21/h3-9,11H,1-2H3,(H,22,23). The molecule has 1 unspecified atom stereocenters. The molecule has 2 rings (SSSR count). The molecule has 0 heterocycles. The van der Waals surface area contributed by atoms with Crippen LogP contribution in [-0.2, 0) is 11.0 Å². The van der Waals surface area contributed by atoms with Crippen molar-refractivity contribution in [1.82, 2.24) is 0 Å². The van der Waals surface area contributed by atoms with Crippen LogP contribution >= 0.6 is 11.6 Å². The Balaban J connectivity index is 2.09. The number of hydrogen-bond acceptors (Lipinski definition) is 2. The average molecular weight is 358 g/mol. The molecule has 24 heavy (non-hydrogen) atoms. The molecule has 0 aliphatic carbocycles. The first-order valence-corrected chi connectivity index (χ1v) is 7.45. The third kappa shape index (κ3) is 4.64. The fourth-order valence-electron chi connectivity index (χ4n) is 2.01. The molecule has 128 valence electrons. The van der Waals surface area contributed by atoms with Gasteiger partial charge in [0.05, 0.1) is 10.6 Å². The van der Waals surface area contributed by atoms with Gasteiger partial charge in [-0.25, -0.2) is 0 Å². The minimum atomic E-state index is -4.60. The fraction of sp³-hybridized carbons (Fsp3) is 0.235. The molecule has 0 aliphatic rings. The molecule has 0 fully saturated rings. The van der Waals surface area contributed by atoms with Crippen molar-refractivity contribution in [3.63, 3.8) is 0 Å². The largest absolute Gasteiger partial charge is 0.481 e. The van der Waals surface area contributed by atoms with Crippen molar-refractivity contribution in [3.05, 3.63) is 58.6 Å². The summed E-state index contributed by atoms with van der Waals surface area (Å²) in [7, 11) is 0. The lowest BCUT2D eigenvalue weighted by Gasteiger charge is -2.16. The first-order chi connectivity index (χ1) is 11.2. The van der Waals surface area contributed by atoms with Crippen molar-refractivity contribution < 1.29 is 22.7 Å². The number of aryl methyl sites for hydroxylation is 1. The molecule has 0 aromatic heterocycles. The molecular weight excluding hydrogens is 343 g/mol. The summed E-state index contributed by atoms with van der Waals surface area (Å²) in [5.41, 5.74) is -0.0433. The summed E-state index contributed by atoms with van der Waals surface area (Å²) in [6, 6.07) is 10.3. The van der Waals surface area contributed by atoms with Gasteiger partial charge in [0.1, 0.15) is 5.75 Å². The fourth-order valence-corrected chi connectivity index (χ4v) is 2.24. The van der Waals surface area contributed by atoms with Crippen LogP contribution in [0.15, 0.2) is 42.5 Å². The average Bonchev–Trinajstić information content (AvgIpc) is 2.48. The molecule has 0 spiro atoms. The number of rotatable bonds is 4. The van der Waals surface area contributed by atoms with Crippen molar-refractivity contribution in [1.29, 1.82) is 0 Å². The van der Waals surface area contributed by atoms with E-state index in [1.54, 1.807) is 18.2 Å². The van der Waals surface area contributed by atoms with Gasteiger partial charge in [0, 0.05) is 5.69 Å². The second-order valence-corrected chi connectivity index (χ2v) is 5.67. The molecule has 2 aromatic rings. The SMILES string of the molecule is Cc1cccc(OC(C)C(=O)Nc2ccc(Cl)c(C(F)(F)F)c2)c1. The van der Waals surface area contributed by atoms with Gasteiger partial charge in [-0.15, -0.1) is 0 Å². The highest BCUT2D eigenvalue weighted by Gasteiger charge is 2.33. The zero-order chi connectivity index (χ0) is 17.9. The molecule has 2 aromatic carbocycles. The molecule has 1 N–H and O–H groups in total. The van der Waals surface area contributed by atoms with Crippen LogP contribution in [0.5, 0.6) is 5.75 Å². The number of alkyl halides is 3. The summed E-state index contributed by atoms with van der Waals surface area (Å²) in [6.07, 6.45) is -5.47. The third-order valence-electron chi connectivity index (χ3n) is 3.21. The highest BCUT2D eigenvalue weighted by molar-refractivity contribution is 6.31. The first kappa shape index (κ1) is 18.1. The Morgan fingerprint density at radius 3 is 2.54 bits per heavy atom. The van der Waals surface area contributed by atoms with Gasteiger partial charge in [0.25, 0.3) is 5.91 Å². The lowest BCUT2D eigenvalue weighted by Crippen LogP contribution is -2.30. The lowest BCUT2D eigenvalue weighted by molar-refractivity contribution is -0.137. The second kappa shape index (κ2) is 7.13. The summed E-state index contributed by atoms with van der Waals surface area (Å²) in [4.78, 5) is 12.1. The van der Waals surface area contributed by atoms with E-state index in [-0.39, 0.29) is 5.69 Å². The van der Waals surface area contributed by atoms with Gasteiger partial charge in [0.15, 0.2) is 6.10 Å². The summed E-state index contributed by atoms with van der Waals surface area (Å²) in [5.74, 6) is -0.0586. The van der Waals surface area contributed by atoms with Gasteiger partial charge in [-0.05, 0) is 49.7 Å². The van der Waals surface area contributed by atoms with Gasteiger partial charge in [-0.3, -0.25) is 4.79 Å². The minimum Gasteiger partial charge on any atom is -0.481 e. The Bertz CT molecular complexity index is 747. The van der Waals surface area contributed by atoms with Crippen molar-refractivity contribution in [2.45, 2.75) is 26.1 Å². The monoisotopic (exact) mass is 357 g/mol. The molecule has 0 aliphatic heterocycles. The van der Waals surface area contributed by atoms with E-state index in [1.165, 1.54) is 13.0 Å². The van der Waals surface area contributed by atoms with Gasteiger partial charge in [0.2, 0.25) is 0 Å². The summed E-state index contributed by atoms with van der Waals surface area (Å²) in [5, 5.41) is 1.97. The second-order valence-electron chi connectivity index (χ2n) is 5.26. The minimum absolute atomic E-state index is 0.00332. The highest BCUT2D eigenvalue weighted by Crippen LogP contribution is 2.36. The van der Waals surface area contributed by atoms with E-state index in [0.29, 0.717) is 5.75 Å². The maximum atomic E-state index is 12.8. The van der Waals surface area contributed by atoms with Crippen molar-refractivity contribution in [2.24, 2.45) is 0 Å². The molecule has 0 bridgehead atoms. The van der Waals surface area contributed by atoms with Crippen LogP contribution < -0.4 is 10.1 Å². The molecule has 1 amide bonds. The van der Waals surface area contributed by atoms with E-state index >= 15 is 0 Å². The quantitative estimate of drug-likeness (QED) is 0.829. The number of carbonyl (C=O) groups excluding carboxylic acids is 1. The van der Waals surface area contributed by atoms with Crippen molar-refractivity contribution in [2.75, 3.05) is 5.32 Å².